The van der Waals surface area contributed by atoms with Gasteiger partial charge in [0.2, 0.25) is 0 Å². The van der Waals surface area contributed by atoms with Gasteiger partial charge in [-0.1, -0.05) is 6.07 Å². The molecule has 1 atom stereocenters. The minimum absolute atomic E-state index is 0.231. The fourth-order valence-corrected chi connectivity index (χ4v) is 1.30. The van der Waals surface area contributed by atoms with Crippen molar-refractivity contribution in [2.75, 3.05) is 11.9 Å². The normalized spacial score (nSPS) is 19.3. The summed E-state index contributed by atoms with van der Waals surface area (Å²) in [7, 11) is 0. The van der Waals surface area contributed by atoms with Crippen LogP contribution < -0.4 is 10.6 Å². The second kappa shape index (κ2) is 4.08. The zero-order chi connectivity index (χ0) is 10.7. The third kappa shape index (κ3) is 2.31. The number of nitrogens with zero attached hydrogens (tertiary/aromatic N) is 2. The van der Waals surface area contributed by atoms with Gasteiger partial charge in [0.25, 0.3) is 5.91 Å². The summed E-state index contributed by atoms with van der Waals surface area (Å²) in [5, 5.41) is 5.65. The van der Waals surface area contributed by atoms with Gasteiger partial charge >= 0.3 is 0 Å². The van der Waals surface area contributed by atoms with Crippen LogP contribution in [0.3, 0.4) is 0 Å². The van der Waals surface area contributed by atoms with Crippen molar-refractivity contribution in [3.63, 3.8) is 0 Å². The first-order chi connectivity index (χ1) is 7.25. The van der Waals surface area contributed by atoms with Gasteiger partial charge < -0.3 is 10.6 Å². The Morgan fingerprint density at radius 2 is 2.47 bits per heavy atom. The number of aromatic nitrogens is 1. The van der Waals surface area contributed by atoms with E-state index in [4.69, 9.17) is 0 Å². The first-order valence-electron chi connectivity index (χ1n) is 4.79. The van der Waals surface area contributed by atoms with Crippen LogP contribution in [0.15, 0.2) is 29.4 Å². The van der Waals surface area contributed by atoms with E-state index < -0.39 is 0 Å². The maximum absolute atomic E-state index is 11.6. The predicted octanol–water partition coefficient (Wildman–Crippen LogP) is 0.410. The third-order valence-electron chi connectivity index (χ3n) is 2.03. The minimum Gasteiger partial charge on any atom is -0.361 e. The smallest absolute Gasteiger partial charge is 0.291 e. The van der Waals surface area contributed by atoms with Gasteiger partial charge in [0.15, 0.2) is 5.84 Å². The number of nitrogens with one attached hydrogen (secondary N) is 2. The molecule has 0 radical (unpaired) electrons. The molecule has 78 valence electrons. The van der Waals surface area contributed by atoms with E-state index in [2.05, 4.69) is 20.6 Å². The number of carbonyl (C=O) groups excluding carboxylic acids is 1. The van der Waals surface area contributed by atoms with Gasteiger partial charge in [0.05, 0.1) is 6.54 Å². The molecule has 1 unspecified atom stereocenters. The molecule has 2 rings (SSSR count). The average Bonchev–Trinajstić information content (AvgIpc) is 2.66. The van der Waals surface area contributed by atoms with Crippen LogP contribution in [0.25, 0.3) is 0 Å². The van der Waals surface area contributed by atoms with E-state index >= 15 is 0 Å². The fourth-order valence-electron chi connectivity index (χ4n) is 1.30. The molecule has 0 saturated heterocycles. The molecule has 5 nitrogen and oxygen atoms in total. The highest BCUT2D eigenvalue weighted by molar-refractivity contribution is 6.42. The van der Waals surface area contributed by atoms with Crippen LogP contribution in [0.2, 0.25) is 0 Å². The largest absolute Gasteiger partial charge is 0.361 e. The molecule has 0 fully saturated rings. The second-order valence-corrected chi connectivity index (χ2v) is 3.40. The lowest BCUT2D eigenvalue weighted by Gasteiger charge is -2.06. The molecule has 0 spiro atoms. The number of aliphatic imine (C=N–C) groups is 1. The van der Waals surface area contributed by atoms with Crippen molar-refractivity contribution in [2.24, 2.45) is 4.99 Å². The van der Waals surface area contributed by atoms with Gasteiger partial charge in [-0.3, -0.25) is 9.79 Å². The van der Waals surface area contributed by atoms with Gasteiger partial charge in [0, 0.05) is 12.2 Å². The summed E-state index contributed by atoms with van der Waals surface area (Å²) in [6.07, 6.45) is 1.63. The Balaban J connectivity index is 1.99. The quantitative estimate of drug-likeness (QED) is 0.733. The average molecular weight is 204 g/mol. The van der Waals surface area contributed by atoms with Crippen LogP contribution in [0.4, 0.5) is 5.82 Å². The summed E-state index contributed by atoms with van der Waals surface area (Å²) >= 11 is 0. The summed E-state index contributed by atoms with van der Waals surface area (Å²) in [5.74, 6) is 0.678. The van der Waals surface area contributed by atoms with E-state index in [9.17, 15) is 4.79 Å². The summed E-state index contributed by atoms with van der Waals surface area (Å²) in [6.45, 7) is 2.62. The number of rotatable bonds is 2. The Bertz CT molecular complexity index is 388. The molecule has 1 aromatic rings. The van der Waals surface area contributed by atoms with E-state index in [-0.39, 0.29) is 11.9 Å². The summed E-state index contributed by atoms with van der Waals surface area (Å²) < 4.78 is 0. The molecule has 1 aliphatic rings. The first kappa shape index (κ1) is 9.64. The van der Waals surface area contributed by atoms with Crippen molar-refractivity contribution in [3.05, 3.63) is 24.4 Å². The molecular weight excluding hydrogens is 192 g/mol. The van der Waals surface area contributed by atoms with Crippen LogP contribution in [0, 0.1) is 0 Å². The highest BCUT2D eigenvalue weighted by Gasteiger charge is 2.19. The number of carbonyl (C=O) groups is 1. The Hall–Kier alpha value is -1.91. The monoisotopic (exact) mass is 204 g/mol. The molecular formula is C10H12N4O. The van der Waals surface area contributed by atoms with Crippen molar-refractivity contribution < 1.29 is 4.79 Å². The Labute approximate surface area is 87.6 Å². The Morgan fingerprint density at radius 3 is 3.07 bits per heavy atom. The summed E-state index contributed by atoms with van der Waals surface area (Å²) in [4.78, 5) is 19.7. The Kier molecular flexibility index (Phi) is 2.62. The molecule has 0 saturated carbocycles. The van der Waals surface area contributed by atoms with E-state index in [1.165, 1.54) is 0 Å². The first-order valence-corrected chi connectivity index (χ1v) is 4.79. The maximum atomic E-state index is 11.6. The predicted molar refractivity (Wildman–Crippen MR) is 57.8 cm³/mol. The zero-order valence-corrected chi connectivity index (χ0v) is 8.40. The molecule has 1 aliphatic heterocycles. The van der Waals surface area contributed by atoms with E-state index in [0.717, 1.165) is 0 Å². The van der Waals surface area contributed by atoms with Crippen molar-refractivity contribution >= 4 is 17.6 Å². The van der Waals surface area contributed by atoms with Crippen LogP contribution in [-0.4, -0.2) is 29.3 Å². The number of pyridine rings is 1. The molecule has 5 heteroatoms. The standard InChI is InChI=1S/C10H12N4O/c1-7-6-12-9(13-7)10(15)14-8-4-2-3-5-11-8/h2-5,7H,6H2,1H3,(H,12,13)(H,11,14,15). The summed E-state index contributed by atoms with van der Waals surface area (Å²) in [6, 6.07) is 5.57. The SMILES string of the molecule is CC1CN=C(C(=O)Nc2ccccn2)N1. The molecule has 2 heterocycles. The van der Waals surface area contributed by atoms with E-state index in [1.54, 1.807) is 18.3 Å². The number of hydrogen-bond acceptors (Lipinski definition) is 4. The molecule has 0 bridgehead atoms. The number of hydrogen-bond donors (Lipinski definition) is 2. The molecule has 1 aromatic heterocycles. The highest BCUT2D eigenvalue weighted by atomic mass is 16.2. The number of anilines is 1. The lowest BCUT2D eigenvalue weighted by atomic mass is 10.4. The van der Waals surface area contributed by atoms with Crippen molar-refractivity contribution in [1.82, 2.24) is 10.3 Å². The van der Waals surface area contributed by atoms with Gasteiger partial charge in [-0.05, 0) is 19.1 Å². The molecule has 0 aromatic carbocycles. The lowest BCUT2D eigenvalue weighted by Crippen LogP contribution is -2.36. The minimum atomic E-state index is -0.238. The van der Waals surface area contributed by atoms with Crippen molar-refractivity contribution in [1.29, 1.82) is 0 Å². The Morgan fingerprint density at radius 1 is 1.60 bits per heavy atom. The lowest BCUT2D eigenvalue weighted by molar-refractivity contribution is -0.110. The van der Waals surface area contributed by atoms with Gasteiger partial charge in [-0.15, -0.1) is 0 Å². The number of amides is 1. The zero-order valence-electron chi connectivity index (χ0n) is 8.40. The van der Waals surface area contributed by atoms with Gasteiger partial charge in [-0.2, -0.15) is 0 Å². The van der Waals surface area contributed by atoms with Gasteiger partial charge in [-0.25, -0.2) is 4.98 Å². The number of amidine groups is 1. The van der Waals surface area contributed by atoms with Gasteiger partial charge in [0.1, 0.15) is 5.82 Å². The molecule has 0 aliphatic carbocycles. The molecule has 1 amide bonds. The van der Waals surface area contributed by atoms with Crippen LogP contribution >= 0.6 is 0 Å². The van der Waals surface area contributed by atoms with Crippen molar-refractivity contribution in [2.45, 2.75) is 13.0 Å². The second-order valence-electron chi connectivity index (χ2n) is 3.40. The van der Waals surface area contributed by atoms with Crippen molar-refractivity contribution in [3.8, 4) is 0 Å². The third-order valence-corrected chi connectivity index (χ3v) is 2.03. The van der Waals surface area contributed by atoms with Crippen LogP contribution in [0.5, 0.6) is 0 Å². The summed E-state index contributed by atoms with van der Waals surface area (Å²) in [5.41, 5.74) is 0. The van der Waals surface area contributed by atoms with Crippen LogP contribution in [-0.2, 0) is 4.79 Å². The topological polar surface area (TPSA) is 66.4 Å². The van der Waals surface area contributed by atoms with E-state index in [0.29, 0.717) is 18.2 Å². The van der Waals surface area contributed by atoms with Crippen LogP contribution in [0.1, 0.15) is 6.92 Å². The fraction of sp³-hybridized carbons (Fsp3) is 0.300. The maximum Gasteiger partial charge on any atom is 0.291 e. The molecule has 2 N–H and O–H groups in total. The molecule has 15 heavy (non-hydrogen) atoms. The van der Waals surface area contributed by atoms with E-state index in [1.807, 2.05) is 13.0 Å². The highest BCUT2D eigenvalue weighted by Crippen LogP contribution is 2.01.